The summed E-state index contributed by atoms with van der Waals surface area (Å²) in [7, 11) is 4.88. The lowest BCUT2D eigenvalue weighted by Gasteiger charge is -2.35. The fourth-order valence-electron chi connectivity index (χ4n) is 5.45. The average Bonchev–Trinajstić information content (AvgIpc) is 2.94. The Hall–Kier alpha value is -3.75. The SMILES string of the molecule is COc1cc2ccc1=2.COc1cc2nc(N3CCN(C(=O)CC4CCCCC4)CC3)nc(N)c2cc1OC. The third-order valence-corrected chi connectivity index (χ3v) is 7.83. The topological polar surface area (TPSA) is 103 Å². The van der Waals surface area contributed by atoms with Crippen molar-refractivity contribution in [2.24, 2.45) is 5.92 Å². The number of carbonyl (C=O) groups is 1. The minimum atomic E-state index is 0.289. The summed E-state index contributed by atoms with van der Waals surface area (Å²) >= 11 is 0. The van der Waals surface area contributed by atoms with E-state index in [0.29, 0.717) is 67.3 Å². The van der Waals surface area contributed by atoms with Gasteiger partial charge in [-0.15, -0.1) is 0 Å². The van der Waals surface area contributed by atoms with Crippen molar-refractivity contribution in [1.29, 1.82) is 0 Å². The van der Waals surface area contributed by atoms with Crippen LogP contribution in [0.1, 0.15) is 38.5 Å². The number of anilines is 2. The summed E-state index contributed by atoms with van der Waals surface area (Å²) in [5.74, 6) is 4.09. The van der Waals surface area contributed by atoms with E-state index in [1.54, 1.807) is 27.4 Å². The Kier molecular flexibility index (Phi) is 7.72. The fourth-order valence-corrected chi connectivity index (χ4v) is 5.45. The van der Waals surface area contributed by atoms with Gasteiger partial charge in [0.1, 0.15) is 11.6 Å². The lowest BCUT2D eigenvalue weighted by Crippen LogP contribution is -2.49. The van der Waals surface area contributed by atoms with Crippen LogP contribution in [0.2, 0.25) is 0 Å². The van der Waals surface area contributed by atoms with Crippen LogP contribution in [-0.4, -0.2) is 68.3 Å². The van der Waals surface area contributed by atoms with Crippen molar-refractivity contribution in [3.05, 3.63) is 40.8 Å². The molecule has 0 unspecified atom stereocenters. The van der Waals surface area contributed by atoms with Gasteiger partial charge in [-0.1, -0.05) is 31.4 Å². The molecule has 1 amide bonds. The predicted octanol–water partition coefficient (Wildman–Crippen LogP) is 4.14. The second-order valence-electron chi connectivity index (χ2n) is 10.1. The molecule has 2 N–H and O–H groups in total. The highest BCUT2D eigenvalue weighted by Crippen LogP contribution is 2.34. The Morgan fingerprint density at radius 3 is 2.13 bits per heavy atom. The standard InChI is InChI=1S/C22H31N5O3.C7H6O/c1-29-18-13-16-17(14-19(18)30-2)24-22(25-21(16)23)27-10-8-26(9-11-27)20(28)12-15-6-4-3-5-7-15;1-8-7-4-5-2-3-6(5)7/h13-15H,3-12H2,1-2H3,(H2,23,24,25);2-4H,1H3. The molecule has 1 saturated heterocycles. The number of ether oxygens (including phenoxy) is 3. The molecule has 9 nitrogen and oxygen atoms in total. The Balaban J connectivity index is 0.000000310. The summed E-state index contributed by atoms with van der Waals surface area (Å²) in [4.78, 5) is 26.0. The molecule has 0 spiro atoms. The van der Waals surface area contributed by atoms with Gasteiger partial charge in [0, 0.05) is 49.3 Å². The number of nitrogens with two attached hydrogens (primary N) is 1. The first-order chi connectivity index (χ1) is 18.5. The van der Waals surface area contributed by atoms with Gasteiger partial charge in [-0.05, 0) is 36.1 Å². The van der Waals surface area contributed by atoms with Crippen LogP contribution in [0.5, 0.6) is 17.2 Å². The third kappa shape index (κ3) is 5.28. The molecule has 202 valence electrons. The maximum Gasteiger partial charge on any atom is 0.228 e. The molecule has 6 rings (SSSR count). The fraction of sp³-hybridized carbons (Fsp3) is 0.483. The first-order valence-corrected chi connectivity index (χ1v) is 13.4. The second-order valence-corrected chi connectivity index (χ2v) is 10.1. The highest BCUT2D eigenvalue weighted by molar-refractivity contribution is 5.91. The maximum atomic E-state index is 12.7. The highest BCUT2D eigenvalue weighted by atomic mass is 16.5. The number of piperazine rings is 1. The maximum absolute atomic E-state index is 12.7. The smallest absolute Gasteiger partial charge is 0.228 e. The minimum absolute atomic E-state index is 0.289. The van der Waals surface area contributed by atoms with Crippen molar-refractivity contribution in [1.82, 2.24) is 14.9 Å². The molecule has 0 atom stereocenters. The molecule has 3 aliphatic carbocycles. The van der Waals surface area contributed by atoms with Crippen LogP contribution >= 0.6 is 0 Å². The van der Waals surface area contributed by atoms with Crippen LogP contribution < -0.4 is 24.8 Å². The first-order valence-electron chi connectivity index (χ1n) is 13.4. The van der Waals surface area contributed by atoms with E-state index in [1.165, 1.54) is 42.5 Å². The van der Waals surface area contributed by atoms with Gasteiger partial charge in [0.2, 0.25) is 11.9 Å². The lowest BCUT2D eigenvalue weighted by atomic mass is 9.86. The molecule has 0 radical (unpaired) electrons. The largest absolute Gasteiger partial charge is 0.496 e. The molecule has 38 heavy (non-hydrogen) atoms. The van der Waals surface area contributed by atoms with E-state index in [4.69, 9.17) is 24.9 Å². The zero-order valence-corrected chi connectivity index (χ0v) is 22.5. The summed E-state index contributed by atoms with van der Waals surface area (Å²) in [6.07, 6.45) is 6.94. The quantitative estimate of drug-likeness (QED) is 0.405. The van der Waals surface area contributed by atoms with E-state index in [-0.39, 0.29) is 5.91 Å². The summed E-state index contributed by atoms with van der Waals surface area (Å²) in [5, 5.41) is 3.35. The van der Waals surface area contributed by atoms with Crippen molar-refractivity contribution in [3.8, 4) is 17.2 Å². The number of methoxy groups -OCH3 is 3. The summed E-state index contributed by atoms with van der Waals surface area (Å²) in [5.41, 5.74) is 6.93. The van der Waals surface area contributed by atoms with Crippen molar-refractivity contribution < 1.29 is 19.0 Å². The van der Waals surface area contributed by atoms with E-state index >= 15 is 0 Å². The molecule has 0 bridgehead atoms. The minimum Gasteiger partial charge on any atom is -0.496 e. The number of fused-ring (bicyclic) bond motifs is 1. The molecular weight excluding hydrogens is 482 g/mol. The molecule has 1 saturated carbocycles. The van der Waals surface area contributed by atoms with Crippen LogP contribution in [0.15, 0.2) is 30.3 Å². The molecular formula is C29H37N5O4. The molecule has 1 aromatic heterocycles. The van der Waals surface area contributed by atoms with Gasteiger partial charge in [0.25, 0.3) is 0 Å². The number of aromatic nitrogens is 2. The van der Waals surface area contributed by atoms with Crippen LogP contribution in [0, 0.1) is 16.4 Å². The number of carbonyl (C=O) groups excluding carboxylic acids is 1. The molecule has 2 aromatic rings. The average molecular weight is 520 g/mol. The Morgan fingerprint density at radius 1 is 0.895 bits per heavy atom. The van der Waals surface area contributed by atoms with E-state index in [9.17, 15) is 4.79 Å². The van der Waals surface area contributed by atoms with Gasteiger partial charge in [0.05, 0.1) is 26.8 Å². The number of hydrogen-bond acceptors (Lipinski definition) is 8. The Labute approximate surface area is 223 Å². The van der Waals surface area contributed by atoms with Gasteiger partial charge >= 0.3 is 0 Å². The predicted molar refractivity (Wildman–Crippen MR) is 148 cm³/mol. The van der Waals surface area contributed by atoms with Crippen molar-refractivity contribution in [2.75, 3.05) is 58.1 Å². The van der Waals surface area contributed by atoms with Gasteiger partial charge in [-0.25, -0.2) is 4.98 Å². The van der Waals surface area contributed by atoms with E-state index in [1.807, 2.05) is 17.0 Å². The first kappa shape index (κ1) is 25.9. The van der Waals surface area contributed by atoms with E-state index in [0.717, 1.165) is 11.1 Å². The zero-order valence-electron chi connectivity index (χ0n) is 22.5. The summed E-state index contributed by atoms with van der Waals surface area (Å²) < 4.78 is 15.7. The molecule has 9 heteroatoms. The Bertz CT molecular complexity index is 1400. The van der Waals surface area contributed by atoms with Crippen LogP contribution in [-0.2, 0) is 4.79 Å². The van der Waals surface area contributed by atoms with Crippen molar-refractivity contribution in [2.45, 2.75) is 38.5 Å². The lowest BCUT2D eigenvalue weighted by molar-refractivity contribution is -0.132. The van der Waals surface area contributed by atoms with Gasteiger partial charge < -0.3 is 29.7 Å². The van der Waals surface area contributed by atoms with Gasteiger partial charge in [0.15, 0.2) is 11.5 Å². The molecule has 2 fully saturated rings. The van der Waals surface area contributed by atoms with Crippen molar-refractivity contribution in [3.63, 3.8) is 0 Å². The van der Waals surface area contributed by atoms with Gasteiger partial charge in [-0.3, -0.25) is 4.79 Å². The number of benzene rings is 2. The van der Waals surface area contributed by atoms with E-state index < -0.39 is 0 Å². The number of rotatable bonds is 6. The second kappa shape index (κ2) is 11.3. The number of amides is 1. The Morgan fingerprint density at radius 2 is 1.58 bits per heavy atom. The normalized spacial score (nSPS) is 16.5. The third-order valence-electron chi connectivity index (χ3n) is 7.83. The van der Waals surface area contributed by atoms with Crippen molar-refractivity contribution >= 4 is 28.6 Å². The van der Waals surface area contributed by atoms with Gasteiger partial charge in [-0.2, -0.15) is 4.98 Å². The van der Waals surface area contributed by atoms with Crippen LogP contribution in [0.4, 0.5) is 11.8 Å². The number of nitrogens with zero attached hydrogens (tertiary/aromatic N) is 4. The monoisotopic (exact) mass is 519 g/mol. The molecule has 1 aromatic carbocycles. The van der Waals surface area contributed by atoms with Crippen LogP contribution in [0.3, 0.4) is 0 Å². The zero-order chi connectivity index (χ0) is 26.6. The summed E-state index contributed by atoms with van der Waals surface area (Å²) in [6.45, 7) is 2.79. The molecule has 4 aliphatic rings. The number of nitrogen functional groups attached to an aromatic ring is 1. The van der Waals surface area contributed by atoms with E-state index in [2.05, 4.69) is 22.0 Å². The summed E-state index contributed by atoms with van der Waals surface area (Å²) in [6, 6.07) is 9.80. The molecule has 2 heterocycles. The van der Waals surface area contributed by atoms with Crippen LogP contribution in [0.25, 0.3) is 10.9 Å². The highest BCUT2D eigenvalue weighted by Gasteiger charge is 2.26. The number of hydrogen-bond donors (Lipinski definition) is 1. The molecule has 1 aliphatic heterocycles.